The van der Waals surface area contributed by atoms with Gasteiger partial charge in [-0.25, -0.2) is 0 Å². The molecule has 21 heavy (non-hydrogen) atoms. The van der Waals surface area contributed by atoms with Gasteiger partial charge in [-0.2, -0.15) is 0 Å². The topological polar surface area (TPSA) is 44.8 Å². The fourth-order valence-electron chi connectivity index (χ4n) is 2.41. The molecule has 0 aliphatic carbocycles. The summed E-state index contributed by atoms with van der Waals surface area (Å²) >= 11 is 0. The van der Waals surface area contributed by atoms with Crippen LogP contribution in [0.4, 0.5) is 0 Å². The summed E-state index contributed by atoms with van der Waals surface area (Å²) in [5, 5.41) is 3.28. The molecule has 126 valence electrons. The van der Waals surface area contributed by atoms with Crippen LogP contribution in [0.15, 0.2) is 0 Å². The van der Waals surface area contributed by atoms with E-state index in [1.54, 1.807) is 0 Å². The van der Waals surface area contributed by atoms with E-state index in [1.807, 2.05) is 20.8 Å². The molecule has 0 aromatic carbocycles. The molecule has 0 spiro atoms. The van der Waals surface area contributed by atoms with Crippen molar-refractivity contribution in [1.82, 2.24) is 15.1 Å². The van der Waals surface area contributed by atoms with Gasteiger partial charge >= 0.3 is 5.97 Å². The molecule has 1 unspecified atom stereocenters. The summed E-state index contributed by atoms with van der Waals surface area (Å²) in [7, 11) is 6.34. The van der Waals surface area contributed by atoms with E-state index in [-0.39, 0.29) is 5.97 Å². The second-order valence-corrected chi connectivity index (χ2v) is 6.15. The number of ether oxygens (including phenoxy) is 1. The summed E-state index contributed by atoms with van der Waals surface area (Å²) < 4.78 is 5.19. The van der Waals surface area contributed by atoms with Crippen molar-refractivity contribution in [3.05, 3.63) is 0 Å². The van der Waals surface area contributed by atoms with Crippen molar-refractivity contribution < 1.29 is 9.53 Å². The van der Waals surface area contributed by atoms with Crippen molar-refractivity contribution in [3.63, 3.8) is 0 Å². The van der Waals surface area contributed by atoms with Crippen molar-refractivity contribution in [3.8, 4) is 0 Å². The Balaban J connectivity index is 4.10. The molecule has 0 aliphatic rings. The van der Waals surface area contributed by atoms with Gasteiger partial charge in [0.2, 0.25) is 0 Å². The first kappa shape index (κ1) is 20.3. The standard InChI is InChI=1S/C16H35N3O2/c1-7-17-16(3,15(20)21-8-2)11-9-13-19(6)14-10-12-18(4)5/h17H,7-14H2,1-6H3. The van der Waals surface area contributed by atoms with E-state index in [2.05, 4.69) is 36.3 Å². The number of carbonyl (C=O) groups is 1. The van der Waals surface area contributed by atoms with Crippen LogP contribution in [0.25, 0.3) is 0 Å². The maximum atomic E-state index is 12.1. The molecule has 0 saturated carbocycles. The molecule has 0 heterocycles. The van der Waals surface area contributed by atoms with E-state index < -0.39 is 5.54 Å². The molecular weight excluding hydrogens is 266 g/mol. The van der Waals surface area contributed by atoms with E-state index in [0.717, 1.165) is 39.0 Å². The van der Waals surface area contributed by atoms with Crippen LogP contribution in [0, 0.1) is 0 Å². The van der Waals surface area contributed by atoms with Crippen molar-refractivity contribution in [1.29, 1.82) is 0 Å². The molecule has 1 N–H and O–H groups in total. The van der Waals surface area contributed by atoms with Crippen molar-refractivity contribution >= 4 is 5.97 Å². The lowest BCUT2D eigenvalue weighted by molar-refractivity contribution is -0.150. The Labute approximate surface area is 131 Å². The van der Waals surface area contributed by atoms with E-state index in [1.165, 1.54) is 6.42 Å². The number of nitrogens with zero attached hydrogens (tertiary/aromatic N) is 2. The fourth-order valence-corrected chi connectivity index (χ4v) is 2.41. The first-order valence-corrected chi connectivity index (χ1v) is 8.11. The summed E-state index contributed by atoms with van der Waals surface area (Å²) in [5.41, 5.74) is -0.560. The number of rotatable bonds is 12. The maximum Gasteiger partial charge on any atom is 0.326 e. The molecule has 0 bridgehead atoms. The van der Waals surface area contributed by atoms with Crippen LogP contribution in [0.2, 0.25) is 0 Å². The average Bonchev–Trinajstić information content (AvgIpc) is 2.38. The second kappa shape index (κ2) is 11.0. The Hall–Kier alpha value is -0.650. The first-order valence-electron chi connectivity index (χ1n) is 8.11. The third-order valence-corrected chi connectivity index (χ3v) is 3.65. The van der Waals surface area contributed by atoms with Gasteiger partial charge in [-0.15, -0.1) is 0 Å². The smallest absolute Gasteiger partial charge is 0.326 e. The third-order valence-electron chi connectivity index (χ3n) is 3.65. The van der Waals surface area contributed by atoms with Gasteiger partial charge in [0.1, 0.15) is 5.54 Å². The van der Waals surface area contributed by atoms with E-state index in [9.17, 15) is 4.79 Å². The van der Waals surface area contributed by atoms with Crippen molar-refractivity contribution in [2.75, 3.05) is 53.9 Å². The second-order valence-electron chi connectivity index (χ2n) is 6.15. The minimum Gasteiger partial charge on any atom is -0.465 e. The van der Waals surface area contributed by atoms with Crippen LogP contribution in [-0.2, 0) is 9.53 Å². The molecule has 0 aliphatic heterocycles. The van der Waals surface area contributed by atoms with Gasteiger partial charge in [-0.3, -0.25) is 4.79 Å². The zero-order chi connectivity index (χ0) is 16.3. The molecule has 1 atom stereocenters. The highest BCUT2D eigenvalue weighted by Crippen LogP contribution is 2.15. The number of esters is 1. The summed E-state index contributed by atoms with van der Waals surface area (Å²) in [6.45, 7) is 10.2. The molecule has 0 radical (unpaired) electrons. The Morgan fingerprint density at radius 2 is 1.71 bits per heavy atom. The Morgan fingerprint density at radius 1 is 1.10 bits per heavy atom. The normalized spacial score (nSPS) is 14.5. The minimum absolute atomic E-state index is 0.137. The van der Waals surface area contributed by atoms with Crippen LogP contribution >= 0.6 is 0 Å². The van der Waals surface area contributed by atoms with Crippen LogP contribution < -0.4 is 5.32 Å². The SMILES string of the molecule is CCNC(C)(CCCN(C)CCCN(C)C)C(=O)OCC. The van der Waals surface area contributed by atoms with Crippen molar-refractivity contribution in [2.24, 2.45) is 0 Å². The van der Waals surface area contributed by atoms with Gasteiger partial charge in [0.25, 0.3) is 0 Å². The number of hydrogen-bond acceptors (Lipinski definition) is 5. The quantitative estimate of drug-likeness (QED) is 0.555. The van der Waals surface area contributed by atoms with Crippen LogP contribution in [0.5, 0.6) is 0 Å². The van der Waals surface area contributed by atoms with E-state index in [4.69, 9.17) is 4.74 Å². The Bertz CT molecular complexity index is 285. The van der Waals surface area contributed by atoms with Crippen LogP contribution in [-0.4, -0.2) is 75.2 Å². The number of carbonyl (C=O) groups excluding carboxylic acids is 1. The van der Waals surface area contributed by atoms with Crippen LogP contribution in [0.3, 0.4) is 0 Å². The lowest BCUT2D eigenvalue weighted by Crippen LogP contribution is -2.50. The largest absolute Gasteiger partial charge is 0.465 e. The van der Waals surface area contributed by atoms with Gasteiger partial charge in [0.05, 0.1) is 6.61 Å². The van der Waals surface area contributed by atoms with E-state index in [0.29, 0.717) is 6.61 Å². The highest BCUT2D eigenvalue weighted by molar-refractivity contribution is 5.80. The zero-order valence-corrected chi connectivity index (χ0v) is 14.9. The molecule has 0 saturated heterocycles. The molecular formula is C16H35N3O2. The monoisotopic (exact) mass is 301 g/mol. The van der Waals surface area contributed by atoms with Gasteiger partial charge in [0, 0.05) is 0 Å². The molecule has 5 nitrogen and oxygen atoms in total. The number of likely N-dealkylation sites (N-methyl/N-ethyl adjacent to an activating group) is 1. The Morgan fingerprint density at radius 3 is 2.24 bits per heavy atom. The first-order chi connectivity index (χ1) is 9.85. The predicted molar refractivity (Wildman–Crippen MR) is 88.6 cm³/mol. The third kappa shape index (κ3) is 9.06. The zero-order valence-electron chi connectivity index (χ0n) is 14.9. The molecule has 0 fully saturated rings. The fraction of sp³-hybridized carbons (Fsp3) is 0.938. The van der Waals surface area contributed by atoms with Crippen molar-refractivity contribution in [2.45, 2.75) is 45.6 Å². The van der Waals surface area contributed by atoms with Crippen LogP contribution in [0.1, 0.15) is 40.0 Å². The summed E-state index contributed by atoms with van der Waals surface area (Å²) in [5.74, 6) is -0.137. The number of nitrogens with one attached hydrogen (secondary N) is 1. The van der Waals surface area contributed by atoms with Gasteiger partial charge in [-0.05, 0) is 80.4 Å². The predicted octanol–water partition coefficient (Wildman–Crippen LogP) is 1.58. The summed E-state index contributed by atoms with van der Waals surface area (Å²) in [6.07, 6.45) is 2.96. The summed E-state index contributed by atoms with van der Waals surface area (Å²) in [4.78, 5) is 16.6. The summed E-state index contributed by atoms with van der Waals surface area (Å²) in [6, 6.07) is 0. The molecule has 5 heteroatoms. The van der Waals surface area contributed by atoms with E-state index >= 15 is 0 Å². The molecule has 0 aromatic heterocycles. The van der Waals surface area contributed by atoms with Gasteiger partial charge in [-0.1, -0.05) is 6.92 Å². The average molecular weight is 301 g/mol. The lowest BCUT2D eigenvalue weighted by atomic mass is 9.95. The maximum absolute atomic E-state index is 12.1. The van der Waals surface area contributed by atoms with Gasteiger partial charge in [0.15, 0.2) is 0 Å². The molecule has 0 rings (SSSR count). The highest BCUT2D eigenvalue weighted by Gasteiger charge is 2.33. The number of hydrogen-bond donors (Lipinski definition) is 1. The lowest BCUT2D eigenvalue weighted by Gasteiger charge is -2.29. The minimum atomic E-state index is -0.560. The van der Waals surface area contributed by atoms with Gasteiger partial charge < -0.3 is 19.9 Å². The molecule has 0 amide bonds. The highest BCUT2D eigenvalue weighted by atomic mass is 16.5. The Kier molecular flexibility index (Phi) is 10.6. The molecule has 0 aromatic rings.